The zero-order valence-electron chi connectivity index (χ0n) is 11.7. The molecule has 0 amide bonds. The van der Waals surface area contributed by atoms with Gasteiger partial charge in [-0.25, -0.2) is 9.37 Å². The molecule has 0 aliphatic rings. The van der Waals surface area contributed by atoms with Crippen LogP contribution in [-0.4, -0.2) is 14.9 Å². The lowest BCUT2D eigenvalue weighted by Gasteiger charge is -2.03. The van der Waals surface area contributed by atoms with E-state index < -0.39 is 10.7 Å². The minimum atomic E-state index is -0.629. The van der Waals surface area contributed by atoms with E-state index in [1.807, 2.05) is 0 Å². The van der Waals surface area contributed by atoms with Crippen molar-refractivity contribution in [3.8, 4) is 17.2 Å². The number of nitrogens with zero attached hydrogens (tertiary/aromatic N) is 3. The smallest absolute Gasteiger partial charge is 0.406 e. The standard InChI is InChI=1S/C15H10FN3O4/c16-11-4-1-3-10(7-11)15-18-12(9-23-15)8-22-13-5-2-6-17-14(13)19(20)21/h1-7,9H,8H2. The highest BCUT2D eigenvalue weighted by Gasteiger charge is 2.16. The zero-order chi connectivity index (χ0) is 16.2. The van der Waals surface area contributed by atoms with Crippen LogP contribution in [-0.2, 0) is 6.61 Å². The van der Waals surface area contributed by atoms with Gasteiger partial charge in [0.1, 0.15) is 30.6 Å². The second-order valence-electron chi connectivity index (χ2n) is 4.53. The van der Waals surface area contributed by atoms with Gasteiger partial charge in [-0.1, -0.05) is 6.07 Å². The molecule has 0 fully saturated rings. The Labute approximate surface area is 129 Å². The molecule has 23 heavy (non-hydrogen) atoms. The number of aromatic nitrogens is 2. The van der Waals surface area contributed by atoms with E-state index in [-0.39, 0.29) is 24.1 Å². The number of rotatable bonds is 5. The first-order valence-corrected chi connectivity index (χ1v) is 6.56. The van der Waals surface area contributed by atoms with Crippen LogP contribution in [0.4, 0.5) is 10.2 Å². The van der Waals surface area contributed by atoms with Gasteiger partial charge < -0.3 is 19.3 Å². The second kappa shape index (κ2) is 6.22. The summed E-state index contributed by atoms with van der Waals surface area (Å²) in [7, 11) is 0. The highest BCUT2D eigenvalue weighted by molar-refractivity contribution is 5.52. The molecule has 2 heterocycles. The number of oxazole rings is 1. The van der Waals surface area contributed by atoms with Crippen molar-refractivity contribution in [2.24, 2.45) is 0 Å². The van der Waals surface area contributed by atoms with Crippen molar-refractivity contribution in [1.29, 1.82) is 0 Å². The van der Waals surface area contributed by atoms with Gasteiger partial charge in [0.2, 0.25) is 11.6 Å². The van der Waals surface area contributed by atoms with Crippen molar-refractivity contribution < 1.29 is 18.5 Å². The fourth-order valence-electron chi connectivity index (χ4n) is 1.91. The highest BCUT2D eigenvalue weighted by atomic mass is 19.1. The molecule has 7 nitrogen and oxygen atoms in total. The molecule has 0 N–H and O–H groups in total. The summed E-state index contributed by atoms with van der Waals surface area (Å²) in [4.78, 5) is 18.0. The predicted octanol–water partition coefficient (Wildman–Crippen LogP) is 3.36. The molecule has 0 atom stereocenters. The van der Waals surface area contributed by atoms with E-state index in [9.17, 15) is 14.5 Å². The summed E-state index contributed by atoms with van der Waals surface area (Å²) >= 11 is 0. The number of benzene rings is 1. The molecule has 116 valence electrons. The van der Waals surface area contributed by atoms with Gasteiger partial charge in [-0.2, -0.15) is 0 Å². The number of ether oxygens (including phenoxy) is 1. The van der Waals surface area contributed by atoms with Gasteiger partial charge in [-0.15, -0.1) is 0 Å². The number of halogens is 1. The molecular weight excluding hydrogens is 305 g/mol. The topological polar surface area (TPSA) is 91.3 Å². The fraction of sp³-hybridized carbons (Fsp3) is 0.0667. The van der Waals surface area contributed by atoms with Gasteiger partial charge in [0, 0.05) is 5.56 Å². The van der Waals surface area contributed by atoms with Crippen molar-refractivity contribution in [3.05, 3.63) is 70.5 Å². The van der Waals surface area contributed by atoms with Crippen molar-refractivity contribution in [2.75, 3.05) is 0 Å². The van der Waals surface area contributed by atoms with Crippen LogP contribution in [0, 0.1) is 15.9 Å². The van der Waals surface area contributed by atoms with Crippen LogP contribution in [0.15, 0.2) is 53.3 Å². The number of hydrogen-bond donors (Lipinski definition) is 0. The Morgan fingerprint density at radius 2 is 2.17 bits per heavy atom. The summed E-state index contributed by atoms with van der Waals surface area (Å²) in [6, 6.07) is 8.79. The molecule has 0 aliphatic carbocycles. The Morgan fingerprint density at radius 3 is 2.96 bits per heavy atom. The third-order valence-corrected chi connectivity index (χ3v) is 2.92. The van der Waals surface area contributed by atoms with E-state index in [4.69, 9.17) is 9.15 Å². The van der Waals surface area contributed by atoms with Crippen LogP contribution in [0.3, 0.4) is 0 Å². The normalized spacial score (nSPS) is 10.5. The molecule has 0 radical (unpaired) electrons. The molecule has 1 aromatic carbocycles. The van der Waals surface area contributed by atoms with Crippen LogP contribution in [0.1, 0.15) is 5.69 Å². The van der Waals surface area contributed by atoms with Crippen LogP contribution in [0.25, 0.3) is 11.5 Å². The summed E-state index contributed by atoms with van der Waals surface area (Å²) in [5.74, 6) is -0.498. The van der Waals surface area contributed by atoms with Gasteiger partial charge in [0.25, 0.3) is 0 Å². The first kappa shape index (κ1) is 14.6. The molecule has 3 aromatic rings. The molecule has 0 spiro atoms. The molecule has 3 rings (SSSR count). The minimum absolute atomic E-state index is 0.0350. The summed E-state index contributed by atoms with van der Waals surface area (Å²) in [5.41, 5.74) is 0.908. The Balaban J connectivity index is 1.74. The second-order valence-corrected chi connectivity index (χ2v) is 4.53. The number of nitro groups is 1. The monoisotopic (exact) mass is 315 g/mol. The SMILES string of the molecule is O=[N+]([O-])c1ncccc1OCc1coc(-c2cccc(F)c2)n1. The lowest BCUT2D eigenvalue weighted by molar-refractivity contribution is -0.390. The van der Waals surface area contributed by atoms with Crippen LogP contribution >= 0.6 is 0 Å². The van der Waals surface area contributed by atoms with Gasteiger partial charge >= 0.3 is 5.82 Å². The van der Waals surface area contributed by atoms with Crippen molar-refractivity contribution >= 4 is 5.82 Å². The summed E-state index contributed by atoms with van der Waals surface area (Å²) in [5, 5.41) is 10.8. The van der Waals surface area contributed by atoms with Crippen LogP contribution in [0.2, 0.25) is 0 Å². The number of pyridine rings is 1. The van der Waals surface area contributed by atoms with Crippen LogP contribution < -0.4 is 4.74 Å². The Bertz CT molecular complexity index is 850. The Hall–Kier alpha value is -3.29. The number of hydrogen-bond acceptors (Lipinski definition) is 6. The van der Waals surface area contributed by atoms with Gasteiger partial charge in [0.15, 0.2) is 0 Å². The molecule has 0 saturated carbocycles. The first-order valence-electron chi connectivity index (χ1n) is 6.56. The average molecular weight is 315 g/mol. The molecular formula is C15H10FN3O4. The highest BCUT2D eigenvalue weighted by Crippen LogP contribution is 2.25. The van der Waals surface area contributed by atoms with E-state index in [1.54, 1.807) is 12.1 Å². The largest absolute Gasteiger partial charge is 0.479 e. The van der Waals surface area contributed by atoms with E-state index >= 15 is 0 Å². The van der Waals surface area contributed by atoms with Gasteiger partial charge in [-0.05, 0) is 40.2 Å². The molecule has 0 bridgehead atoms. The molecule has 0 saturated heterocycles. The third-order valence-electron chi connectivity index (χ3n) is 2.92. The van der Waals surface area contributed by atoms with E-state index in [0.717, 1.165) is 0 Å². The quantitative estimate of drug-likeness (QED) is 0.529. The maximum Gasteiger partial charge on any atom is 0.406 e. The zero-order valence-corrected chi connectivity index (χ0v) is 11.7. The van der Waals surface area contributed by atoms with Crippen LogP contribution in [0.5, 0.6) is 5.75 Å². The fourth-order valence-corrected chi connectivity index (χ4v) is 1.91. The maximum absolute atomic E-state index is 13.2. The summed E-state index contributed by atoms with van der Waals surface area (Å²) in [6.07, 6.45) is 2.66. The van der Waals surface area contributed by atoms with E-state index in [0.29, 0.717) is 11.3 Å². The third kappa shape index (κ3) is 3.31. The van der Waals surface area contributed by atoms with E-state index in [2.05, 4.69) is 9.97 Å². The lowest BCUT2D eigenvalue weighted by Crippen LogP contribution is -2.00. The van der Waals surface area contributed by atoms with Gasteiger partial charge in [-0.3, -0.25) is 0 Å². The van der Waals surface area contributed by atoms with Gasteiger partial charge in [0.05, 0.1) is 0 Å². The van der Waals surface area contributed by atoms with Crippen molar-refractivity contribution in [3.63, 3.8) is 0 Å². The summed E-state index contributed by atoms with van der Waals surface area (Å²) in [6.45, 7) is -0.0364. The lowest BCUT2D eigenvalue weighted by atomic mass is 10.2. The minimum Gasteiger partial charge on any atom is -0.479 e. The van der Waals surface area contributed by atoms with E-state index in [1.165, 1.54) is 36.7 Å². The summed E-state index contributed by atoms with van der Waals surface area (Å²) < 4.78 is 23.8. The molecule has 0 aliphatic heterocycles. The molecule has 0 unspecified atom stereocenters. The van der Waals surface area contributed by atoms with Crippen molar-refractivity contribution in [1.82, 2.24) is 9.97 Å². The maximum atomic E-state index is 13.2. The average Bonchev–Trinajstić information content (AvgIpc) is 3.02. The molecule has 2 aromatic heterocycles. The molecule has 8 heteroatoms. The predicted molar refractivity (Wildman–Crippen MR) is 77.1 cm³/mol. The Morgan fingerprint density at radius 1 is 1.30 bits per heavy atom. The Kier molecular flexibility index (Phi) is 3.96. The first-order chi connectivity index (χ1) is 11.1. The van der Waals surface area contributed by atoms with Crippen molar-refractivity contribution in [2.45, 2.75) is 6.61 Å².